The van der Waals surface area contributed by atoms with Crippen LogP contribution in [0.4, 0.5) is 0 Å². The lowest BCUT2D eigenvalue weighted by molar-refractivity contribution is -0.125. The van der Waals surface area contributed by atoms with Crippen molar-refractivity contribution in [1.82, 2.24) is 15.6 Å². The van der Waals surface area contributed by atoms with Crippen LogP contribution in [0.25, 0.3) is 21.3 Å². The van der Waals surface area contributed by atoms with Crippen LogP contribution in [0.5, 0.6) is 0 Å². The number of carbonyl (C=O) groups excluding carboxylic acids is 2. The van der Waals surface area contributed by atoms with Crippen molar-refractivity contribution in [3.8, 4) is 11.1 Å². The average Bonchev–Trinajstić information content (AvgIpc) is 3.17. The Labute approximate surface area is 177 Å². The lowest BCUT2D eigenvalue weighted by atomic mass is 10.1. The summed E-state index contributed by atoms with van der Waals surface area (Å²) in [5.74, 6) is -0.388. The third-order valence-corrected chi connectivity index (χ3v) is 4.69. The number of amides is 2. The van der Waals surface area contributed by atoms with Gasteiger partial charge in [0.25, 0.3) is 0 Å². The van der Waals surface area contributed by atoms with E-state index in [2.05, 4.69) is 33.8 Å². The Hall–Kier alpha value is -2.73. The Balaban J connectivity index is 0.000000989. The second kappa shape index (κ2) is 13.4. The molecule has 2 aromatic carbocycles. The molecule has 2 amide bonds. The van der Waals surface area contributed by atoms with Crippen molar-refractivity contribution in [3.63, 3.8) is 0 Å². The monoisotopic (exact) mass is 413 g/mol. The van der Waals surface area contributed by atoms with Gasteiger partial charge in [0.15, 0.2) is 0 Å². The highest BCUT2D eigenvalue weighted by Crippen LogP contribution is 2.28. The van der Waals surface area contributed by atoms with Gasteiger partial charge in [-0.1, -0.05) is 64.1 Å². The first-order valence-corrected chi connectivity index (χ1v) is 11.0. The Morgan fingerprint density at radius 2 is 1.59 bits per heavy atom. The molecule has 0 saturated heterocycles. The Morgan fingerprint density at radius 3 is 2.24 bits per heavy atom. The topological polar surface area (TPSA) is 71.1 Å². The minimum atomic E-state index is -0.200. The first-order chi connectivity index (χ1) is 14.2. The lowest BCUT2D eigenvalue weighted by Crippen LogP contribution is -2.37. The van der Waals surface area contributed by atoms with Gasteiger partial charge in [-0.2, -0.15) is 0 Å². The van der Waals surface area contributed by atoms with Crippen LogP contribution in [0.3, 0.4) is 0 Å². The molecule has 1 aromatic heterocycles. The molecule has 6 heteroatoms. The van der Waals surface area contributed by atoms with Crippen molar-refractivity contribution in [2.75, 3.05) is 13.1 Å². The van der Waals surface area contributed by atoms with Crippen LogP contribution in [0.1, 0.15) is 39.6 Å². The maximum absolute atomic E-state index is 12.0. The van der Waals surface area contributed by atoms with Crippen molar-refractivity contribution in [2.24, 2.45) is 0 Å². The fourth-order valence-corrected chi connectivity index (χ4v) is 3.50. The van der Waals surface area contributed by atoms with Gasteiger partial charge < -0.3 is 10.6 Å². The second-order valence-corrected chi connectivity index (χ2v) is 6.68. The smallest absolute Gasteiger partial charge is 0.239 e. The van der Waals surface area contributed by atoms with Crippen molar-refractivity contribution < 1.29 is 9.59 Å². The lowest BCUT2D eigenvalue weighted by Gasteiger charge is -2.03. The molecule has 3 aromatic rings. The Morgan fingerprint density at radius 1 is 0.897 bits per heavy atom. The summed E-state index contributed by atoms with van der Waals surface area (Å²) in [6.45, 7) is 10.4. The molecule has 0 aliphatic rings. The van der Waals surface area contributed by atoms with E-state index in [1.165, 1.54) is 11.3 Å². The fourth-order valence-electron chi connectivity index (χ4n) is 2.50. The summed E-state index contributed by atoms with van der Waals surface area (Å²) in [6.07, 6.45) is 0.180. The fraction of sp³-hybridized carbons (Fsp3) is 0.348. The summed E-state index contributed by atoms with van der Waals surface area (Å²) in [5, 5.41) is 6.00. The quantitative estimate of drug-likeness (QED) is 0.609. The Kier molecular flexibility index (Phi) is 11.3. The van der Waals surface area contributed by atoms with Crippen LogP contribution in [0, 0.1) is 0 Å². The summed E-state index contributed by atoms with van der Waals surface area (Å²) in [7, 11) is 0. The second-order valence-electron chi connectivity index (χ2n) is 5.56. The van der Waals surface area contributed by atoms with E-state index in [9.17, 15) is 9.59 Å². The third-order valence-electron chi connectivity index (χ3n) is 3.67. The van der Waals surface area contributed by atoms with Crippen LogP contribution < -0.4 is 10.6 Å². The molecule has 0 unspecified atom stereocenters. The van der Waals surface area contributed by atoms with E-state index in [-0.39, 0.29) is 24.8 Å². The largest absolute Gasteiger partial charge is 0.355 e. The number of likely N-dealkylation sites (N-methyl/N-ethyl adjacent to an activating group) is 1. The van der Waals surface area contributed by atoms with Crippen LogP contribution in [0.2, 0.25) is 0 Å². The van der Waals surface area contributed by atoms with Gasteiger partial charge in [-0.15, -0.1) is 11.3 Å². The highest BCUT2D eigenvalue weighted by Gasteiger charge is 2.11. The van der Waals surface area contributed by atoms with E-state index < -0.39 is 0 Å². The summed E-state index contributed by atoms with van der Waals surface area (Å²) in [5.41, 5.74) is 3.17. The predicted octanol–water partition coefficient (Wildman–Crippen LogP) is 4.81. The van der Waals surface area contributed by atoms with Crippen LogP contribution in [-0.4, -0.2) is 29.9 Å². The highest BCUT2D eigenvalue weighted by molar-refractivity contribution is 7.18. The number of nitrogens with one attached hydrogen (secondary N) is 2. The number of fused-ring (bicyclic) bond motifs is 1. The third kappa shape index (κ3) is 7.66. The van der Waals surface area contributed by atoms with E-state index in [1.54, 1.807) is 0 Å². The van der Waals surface area contributed by atoms with Crippen molar-refractivity contribution >= 4 is 33.4 Å². The van der Waals surface area contributed by atoms with Crippen molar-refractivity contribution in [3.05, 3.63) is 53.5 Å². The van der Waals surface area contributed by atoms with Crippen molar-refractivity contribution in [1.29, 1.82) is 0 Å². The summed E-state index contributed by atoms with van der Waals surface area (Å²) < 4.78 is 1.05. The van der Waals surface area contributed by atoms with Gasteiger partial charge in [0.05, 0.1) is 23.2 Å². The van der Waals surface area contributed by atoms with Gasteiger partial charge in [0.1, 0.15) is 5.01 Å². The van der Waals surface area contributed by atoms with Gasteiger partial charge in [-0.3, -0.25) is 9.59 Å². The zero-order valence-electron chi connectivity index (χ0n) is 17.9. The standard InChI is InChI=1S/C19H19N3O2S.2C2H6/c1-2-20-18(24)12-21-17(23)11-19-22-15-9-8-14(10-16(15)25-19)13-6-4-3-5-7-13;2*1-2/h3-10H,2,11-12H2,1H3,(H,20,24)(H,21,23);2*1-2H3. The van der Waals surface area contributed by atoms with Crippen molar-refractivity contribution in [2.45, 2.75) is 41.0 Å². The SMILES string of the molecule is CC.CC.CCNC(=O)CNC(=O)Cc1nc2ccc(-c3ccccc3)cc2s1. The zero-order valence-corrected chi connectivity index (χ0v) is 18.7. The molecule has 0 spiro atoms. The number of hydrogen-bond acceptors (Lipinski definition) is 4. The number of rotatable bonds is 6. The molecule has 0 aliphatic carbocycles. The zero-order chi connectivity index (χ0) is 21.6. The molecule has 29 heavy (non-hydrogen) atoms. The molecule has 0 aliphatic heterocycles. The summed E-state index contributed by atoms with van der Waals surface area (Å²) >= 11 is 1.51. The van der Waals surface area contributed by atoms with Gasteiger partial charge in [-0.25, -0.2) is 4.98 Å². The maximum atomic E-state index is 12.0. The number of thiazole rings is 1. The molecule has 0 bridgehead atoms. The highest BCUT2D eigenvalue weighted by atomic mass is 32.1. The van der Waals surface area contributed by atoms with Crippen LogP contribution >= 0.6 is 11.3 Å². The van der Waals surface area contributed by atoms with Gasteiger partial charge >= 0.3 is 0 Å². The van der Waals surface area contributed by atoms with Crippen LogP contribution in [0.15, 0.2) is 48.5 Å². The Bertz CT molecular complexity index is 892. The van der Waals surface area contributed by atoms with Gasteiger partial charge in [0, 0.05) is 6.54 Å². The van der Waals surface area contributed by atoms with E-state index in [0.717, 1.165) is 26.4 Å². The minimum Gasteiger partial charge on any atom is -0.355 e. The number of nitrogens with zero attached hydrogens (tertiary/aromatic N) is 1. The number of carbonyl (C=O) groups is 2. The normalized spacial score (nSPS) is 9.55. The maximum Gasteiger partial charge on any atom is 0.239 e. The van der Waals surface area contributed by atoms with E-state index in [1.807, 2.05) is 65.0 Å². The average molecular weight is 414 g/mol. The first kappa shape index (κ1) is 24.3. The molecule has 156 valence electrons. The van der Waals surface area contributed by atoms with E-state index >= 15 is 0 Å². The molecular formula is C23H31N3O2S. The van der Waals surface area contributed by atoms with E-state index in [0.29, 0.717) is 6.54 Å². The summed E-state index contributed by atoms with van der Waals surface area (Å²) in [6, 6.07) is 16.3. The number of hydrogen-bond donors (Lipinski definition) is 2. The molecule has 0 saturated carbocycles. The molecule has 2 N–H and O–H groups in total. The molecule has 1 heterocycles. The molecule has 0 fully saturated rings. The van der Waals surface area contributed by atoms with Gasteiger partial charge in [0.2, 0.25) is 11.8 Å². The molecule has 0 radical (unpaired) electrons. The molecular weight excluding hydrogens is 382 g/mol. The molecule has 0 atom stereocenters. The molecule has 3 rings (SSSR count). The first-order valence-electron chi connectivity index (χ1n) is 10.1. The minimum absolute atomic E-state index is 0.00424. The molecule has 5 nitrogen and oxygen atoms in total. The van der Waals surface area contributed by atoms with E-state index in [4.69, 9.17) is 0 Å². The number of benzene rings is 2. The van der Waals surface area contributed by atoms with Gasteiger partial charge in [-0.05, 0) is 30.2 Å². The van der Waals surface area contributed by atoms with Crippen LogP contribution in [-0.2, 0) is 16.0 Å². The summed E-state index contributed by atoms with van der Waals surface area (Å²) in [4.78, 5) is 27.8. The predicted molar refractivity (Wildman–Crippen MR) is 123 cm³/mol. The number of aromatic nitrogens is 1.